The summed E-state index contributed by atoms with van der Waals surface area (Å²) >= 11 is 6.35. The number of piperidine rings is 1. The van der Waals surface area contributed by atoms with Crippen molar-refractivity contribution in [1.82, 2.24) is 9.88 Å². The first-order valence-corrected chi connectivity index (χ1v) is 18.5. The predicted octanol–water partition coefficient (Wildman–Crippen LogP) is 5.67. The summed E-state index contributed by atoms with van der Waals surface area (Å²) in [6.07, 6.45) is 4.00. The Balaban J connectivity index is 1.12. The number of nitrogens with zero attached hydrogens (tertiary/aromatic N) is 2. The molecule has 2 saturated carbocycles. The zero-order chi connectivity index (χ0) is 31.7. The third kappa shape index (κ3) is 4.85. The highest BCUT2D eigenvalue weighted by Crippen LogP contribution is 2.68. The van der Waals surface area contributed by atoms with Crippen molar-refractivity contribution in [2.75, 3.05) is 31.2 Å². The molecule has 5 aliphatic rings. The van der Waals surface area contributed by atoms with Gasteiger partial charge in [0.1, 0.15) is 0 Å². The van der Waals surface area contributed by atoms with Crippen molar-refractivity contribution in [1.29, 1.82) is 0 Å². The number of thiazole rings is 1. The Bertz CT molecular complexity index is 1770. The van der Waals surface area contributed by atoms with Crippen LogP contribution in [0.2, 0.25) is 0 Å². The monoisotopic (exact) mass is 723 g/mol. The molecule has 2 saturated heterocycles. The average molecular weight is 725 g/mol. The van der Waals surface area contributed by atoms with Gasteiger partial charge in [-0.2, -0.15) is 0 Å². The number of halogens is 1. The molecule has 4 heterocycles. The molecular weight excluding hydrogens is 690 g/mol. The number of hydrogen-bond acceptors (Lipinski definition) is 8. The maximum atomic E-state index is 14.0. The van der Waals surface area contributed by atoms with E-state index in [0.717, 1.165) is 58.7 Å². The number of benzene rings is 2. The molecule has 0 radical (unpaired) electrons. The van der Waals surface area contributed by atoms with Crippen LogP contribution in [0.15, 0.2) is 56.8 Å². The number of anilines is 1. The summed E-state index contributed by atoms with van der Waals surface area (Å²) in [6, 6.07) is 13.2. The maximum Gasteiger partial charge on any atom is 0.305 e. The lowest BCUT2D eigenvalue weighted by molar-refractivity contribution is -0.134. The zero-order valence-electron chi connectivity index (χ0n) is 25.3. The molecule has 2 bridgehead atoms. The summed E-state index contributed by atoms with van der Waals surface area (Å²) in [6.45, 7) is 3.82. The average Bonchev–Trinajstić information content (AvgIpc) is 3.80. The van der Waals surface area contributed by atoms with Gasteiger partial charge in [-0.3, -0.25) is 24.1 Å². The minimum atomic E-state index is -0.377. The number of carbonyl (C=O) groups excluding carboxylic acids is 3. The number of imide groups is 1. The van der Waals surface area contributed by atoms with Gasteiger partial charge >= 0.3 is 4.87 Å². The van der Waals surface area contributed by atoms with Crippen LogP contribution >= 0.6 is 39.0 Å². The predicted molar refractivity (Wildman–Crippen MR) is 179 cm³/mol. The van der Waals surface area contributed by atoms with E-state index >= 15 is 0 Å². The number of likely N-dealkylation sites (tertiary alicyclic amines) is 1. The minimum absolute atomic E-state index is 0.00776. The number of H-pyrrole nitrogens is 1. The van der Waals surface area contributed by atoms with Crippen LogP contribution in [0.4, 0.5) is 5.69 Å². The van der Waals surface area contributed by atoms with Crippen molar-refractivity contribution >= 4 is 62.4 Å². The van der Waals surface area contributed by atoms with Gasteiger partial charge in [0.15, 0.2) is 18.1 Å². The van der Waals surface area contributed by atoms with Crippen LogP contribution in [0, 0.1) is 29.6 Å². The highest BCUT2D eigenvalue weighted by molar-refractivity contribution is 9.10. The lowest BCUT2D eigenvalue weighted by atomic mass is 9.68. The van der Waals surface area contributed by atoms with Gasteiger partial charge in [0, 0.05) is 33.6 Å². The molecule has 9 nitrogen and oxygen atoms in total. The van der Waals surface area contributed by atoms with Crippen LogP contribution in [-0.2, 0) is 14.4 Å². The molecule has 4 fully saturated rings. The van der Waals surface area contributed by atoms with Crippen LogP contribution in [0.1, 0.15) is 49.0 Å². The normalized spacial score (nSPS) is 29.5. The Morgan fingerprint density at radius 2 is 1.70 bits per heavy atom. The van der Waals surface area contributed by atoms with Gasteiger partial charge in [-0.05, 0) is 92.3 Å². The standard InChI is InChI=1S/C34H34BrN3O6S2/c1-2-43-23-14-17(6-11-22(23)44-16-24(39)37-12-4-3-5-13-37)25-26-20-15-21(29(26)45-31-30(25)46-34(42)36-31)28-27(20)32(40)38(33(28)41)19-9-7-18(35)8-10-19/h6-11,14,20-21,25-29H,2-5,12-13,15-16H2,1H3,(H,36,42)/t20?,21?,25-,26?,27?,28?,29?/m1/s1. The van der Waals surface area contributed by atoms with E-state index in [0.29, 0.717) is 23.8 Å². The first-order valence-electron chi connectivity index (χ1n) is 16.0. The molecule has 6 unspecified atom stereocenters. The molecular formula is C34H34BrN3O6S2. The second kappa shape index (κ2) is 11.9. The summed E-state index contributed by atoms with van der Waals surface area (Å²) in [4.78, 5) is 60.6. The topological polar surface area (TPSA) is 109 Å². The van der Waals surface area contributed by atoms with Gasteiger partial charge in [0.25, 0.3) is 5.91 Å². The fraction of sp³-hybridized carbons (Fsp3) is 0.471. The number of ether oxygens (including phenoxy) is 2. The van der Waals surface area contributed by atoms with Crippen molar-refractivity contribution in [2.24, 2.45) is 29.6 Å². The fourth-order valence-electron chi connectivity index (χ4n) is 8.71. The summed E-state index contributed by atoms with van der Waals surface area (Å²) < 4.78 is 13.0. The Morgan fingerprint density at radius 1 is 0.957 bits per heavy atom. The number of fused-ring (bicyclic) bond motifs is 9. The molecule has 240 valence electrons. The Labute approximate surface area is 283 Å². The second-order valence-electron chi connectivity index (χ2n) is 12.8. The van der Waals surface area contributed by atoms with Crippen LogP contribution < -0.4 is 19.2 Å². The van der Waals surface area contributed by atoms with Crippen molar-refractivity contribution < 1.29 is 23.9 Å². The van der Waals surface area contributed by atoms with Crippen LogP contribution in [-0.4, -0.2) is 59.2 Å². The first-order chi connectivity index (χ1) is 22.3. The SMILES string of the molecule is CCOc1cc([C@H]2c3sc(=O)[nH]c3SC3C4CC(C5C(=O)N(c6ccc(Br)cc6)C(=O)C45)C32)ccc1OCC(=O)N1CCCCC1. The number of rotatable bonds is 7. The lowest BCUT2D eigenvalue weighted by Crippen LogP contribution is -2.42. The van der Waals surface area contributed by atoms with Crippen molar-refractivity contribution in [3.8, 4) is 11.5 Å². The third-order valence-electron chi connectivity index (χ3n) is 10.5. The number of aromatic amines is 1. The van der Waals surface area contributed by atoms with Crippen molar-refractivity contribution in [2.45, 2.75) is 48.8 Å². The molecule has 1 N–H and O–H groups in total. The van der Waals surface area contributed by atoms with E-state index in [2.05, 4.69) is 20.9 Å². The number of carbonyl (C=O) groups is 3. The minimum Gasteiger partial charge on any atom is -0.490 e. The number of amides is 3. The molecule has 3 aromatic rings. The maximum absolute atomic E-state index is 14.0. The fourth-order valence-corrected chi connectivity index (χ4v) is 11.9. The van der Waals surface area contributed by atoms with E-state index in [1.165, 1.54) is 16.2 Å². The van der Waals surface area contributed by atoms with Crippen LogP contribution in [0.25, 0.3) is 0 Å². The van der Waals surface area contributed by atoms with E-state index in [4.69, 9.17) is 9.47 Å². The van der Waals surface area contributed by atoms with Gasteiger partial charge in [-0.25, -0.2) is 0 Å². The smallest absolute Gasteiger partial charge is 0.305 e. The zero-order valence-corrected chi connectivity index (χ0v) is 28.5. The van der Waals surface area contributed by atoms with Gasteiger partial charge in [0.2, 0.25) is 11.8 Å². The molecule has 46 heavy (non-hydrogen) atoms. The van der Waals surface area contributed by atoms with E-state index < -0.39 is 0 Å². The van der Waals surface area contributed by atoms with Gasteiger partial charge in [-0.1, -0.05) is 33.3 Å². The van der Waals surface area contributed by atoms with Gasteiger partial charge in [-0.15, -0.1) is 11.8 Å². The summed E-state index contributed by atoms with van der Waals surface area (Å²) in [7, 11) is 0. The van der Waals surface area contributed by atoms with E-state index in [-0.39, 0.29) is 70.0 Å². The summed E-state index contributed by atoms with van der Waals surface area (Å²) in [5.74, 6) is 0.0604. The van der Waals surface area contributed by atoms with Gasteiger partial charge in [0.05, 0.1) is 29.2 Å². The molecule has 12 heteroatoms. The summed E-state index contributed by atoms with van der Waals surface area (Å²) in [5.41, 5.74) is 1.59. The summed E-state index contributed by atoms with van der Waals surface area (Å²) in [5, 5.41) is 0.946. The number of nitrogens with one attached hydrogen (secondary N) is 1. The lowest BCUT2D eigenvalue weighted by Gasteiger charge is -2.43. The molecule has 2 aromatic carbocycles. The number of hydrogen-bond donors (Lipinski definition) is 1. The van der Waals surface area contributed by atoms with E-state index in [1.807, 2.05) is 54.3 Å². The molecule has 7 atom stereocenters. The van der Waals surface area contributed by atoms with Gasteiger partial charge < -0.3 is 19.4 Å². The van der Waals surface area contributed by atoms with Crippen molar-refractivity contribution in [3.05, 3.63) is 67.0 Å². The molecule has 2 aliphatic carbocycles. The largest absolute Gasteiger partial charge is 0.490 e. The number of aromatic nitrogens is 1. The Hall–Kier alpha value is -3.09. The highest BCUT2D eigenvalue weighted by atomic mass is 79.9. The quantitative estimate of drug-likeness (QED) is 0.313. The second-order valence-corrected chi connectivity index (χ2v) is 15.9. The van der Waals surface area contributed by atoms with E-state index in [9.17, 15) is 19.2 Å². The third-order valence-corrected chi connectivity index (χ3v) is 13.6. The highest BCUT2D eigenvalue weighted by Gasteiger charge is 2.69. The van der Waals surface area contributed by atoms with Crippen molar-refractivity contribution in [3.63, 3.8) is 0 Å². The molecule has 1 aromatic heterocycles. The van der Waals surface area contributed by atoms with Crippen LogP contribution in [0.5, 0.6) is 11.5 Å². The molecule has 0 spiro atoms. The first kappa shape index (κ1) is 30.3. The van der Waals surface area contributed by atoms with Crippen LogP contribution in [0.3, 0.4) is 0 Å². The molecule has 3 aliphatic heterocycles. The Morgan fingerprint density at radius 3 is 2.43 bits per heavy atom. The molecule has 3 amide bonds. The van der Waals surface area contributed by atoms with E-state index in [1.54, 1.807) is 11.8 Å². The Kier molecular flexibility index (Phi) is 7.80. The number of thioether (sulfide) groups is 1. The molecule has 8 rings (SSSR count).